The number of thiazole rings is 1. The van der Waals surface area contributed by atoms with Gasteiger partial charge in [0.2, 0.25) is 0 Å². The van der Waals surface area contributed by atoms with Gasteiger partial charge in [-0.2, -0.15) is 0 Å². The standard InChI is InChI=1S/C14H18N4OS2/c1-8(10-6-3-7-20-10)16-13(19)11-12(15)18-14(21-11)17-9-4-2-5-9/h3,6-9H,2,4-5,15H2,1H3,(H,16,19)(H,17,18). The minimum Gasteiger partial charge on any atom is -0.382 e. The molecule has 0 aromatic carbocycles. The number of rotatable bonds is 5. The van der Waals surface area contributed by atoms with Crippen molar-refractivity contribution < 1.29 is 4.79 Å². The SMILES string of the molecule is CC(NC(=O)c1sc(NC2CCC2)nc1N)c1cccs1. The van der Waals surface area contributed by atoms with E-state index in [-0.39, 0.29) is 11.9 Å². The highest BCUT2D eigenvalue weighted by molar-refractivity contribution is 7.18. The van der Waals surface area contributed by atoms with Crippen LogP contribution in [0.15, 0.2) is 17.5 Å². The lowest BCUT2D eigenvalue weighted by atomic mass is 9.93. The van der Waals surface area contributed by atoms with Gasteiger partial charge in [-0.05, 0) is 37.6 Å². The van der Waals surface area contributed by atoms with Crippen LogP contribution in [0.1, 0.15) is 46.8 Å². The number of hydrogen-bond donors (Lipinski definition) is 3. The number of nitrogen functional groups attached to an aromatic ring is 1. The smallest absolute Gasteiger partial charge is 0.265 e. The summed E-state index contributed by atoms with van der Waals surface area (Å²) in [6.07, 6.45) is 3.58. The lowest BCUT2D eigenvalue weighted by molar-refractivity contribution is 0.0945. The molecule has 1 aliphatic rings. The molecule has 2 heterocycles. The molecule has 1 amide bonds. The normalized spacial score (nSPS) is 16.2. The highest BCUT2D eigenvalue weighted by Gasteiger charge is 2.22. The molecule has 1 atom stereocenters. The molecule has 2 aromatic rings. The molecule has 2 aromatic heterocycles. The van der Waals surface area contributed by atoms with Gasteiger partial charge in [-0.15, -0.1) is 11.3 Å². The molecule has 0 radical (unpaired) electrons. The molecular formula is C14H18N4OS2. The van der Waals surface area contributed by atoms with E-state index in [0.717, 1.165) is 22.9 Å². The van der Waals surface area contributed by atoms with E-state index in [1.165, 1.54) is 17.8 Å². The van der Waals surface area contributed by atoms with Crippen LogP contribution in [0.4, 0.5) is 10.9 Å². The topological polar surface area (TPSA) is 80.0 Å². The van der Waals surface area contributed by atoms with Crippen LogP contribution in [0.3, 0.4) is 0 Å². The fourth-order valence-corrected chi connectivity index (χ4v) is 3.75. The van der Waals surface area contributed by atoms with Crippen molar-refractivity contribution >= 4 is 39.5 Å². The number of anilines is 2. The van der Waals surface area contributed by atoms with Crippen LogP contribution in [-0.2, 0) is 0 Å². The summed E-state index contributed by atoms with van der Waals surface area (Å²) in [4.78, 5) is 18.2. The Kier molecular flexibility index (Phi) is 4.12. The predicted molar refractivity (Wildman–Crippen MR) is 88.0 cm³/mol. The van der Waals surface area contributed by atoms with Crippen LogP contribution < -0.4 is 16.4 Å². The van der Waals surface area contributed by atoms with Crippen molar-refractivity contribution in [2.45, 2.75) is 38.3 Å². The van der Waals surface area contributed by atoms with Gasteiger partial charge in [0.1, 0.15) is 10.7 Å². The summed E-state index contributed by atoms with van der Waals surface area (Å²) in [7, 11) is 0. The number of aromatic nitrogens is 1. The van der Waals surface area contributed by atoms with Crippen LogP contribution in [-0.4, -0.2) is 16.9 Å². The van der Waals surface area contributed by atoms with Crippen LogP contribution in [0.5, 0.6) is 0 Å². The second-order valence-corrected chi connectivity index (χ2v) is 7.19. The zero-order valence-corrected chi connectivity index (χ0v) is 13.4. The molecule has 4 N–H and O–H groups in total. The van der Waals surface area contributed by atoms with Crippen molar-refractivity contribution in [2.24, 2.45) is 0 Å². The fourth-order valence-electron chi connectivity index (χ4n) is 2.15. The molecular weight excluding hydrogens is 304 g/mol. The lowest BCUT2D eigenvalue weighted by Crippen LogP contribution is -2.26. The van der Waals surface area contributed by atoms with Gasteiger partial charge in [-0.3, -0.25) is 4.79 Å². The third kappa shape index (κ3) is 3.19. The van der Waals surface area contributed by atoms with E-state index < -0.39 is 0 Å². The zero-order valence-electron chi connectivity index (χ0n) is 11.8. The maximum Gasteiger partial charge on any atom is 0.265 e. The van der Waals surface area contributed by atoms with E-state index in [4.69, 9.17) is 5.73 Å². The molecule has 1 unspecified atom stereocenters. The summed E-state index contributed by atoms with van der Waals surface area (Å²) in [5.74, 6) is 0.144. The monoisotopic (exact) mass is 322 g/mol. The Morgan fingerprint density at radius 2 is 2.33 bits per heavy atom. The largest absolute Gasteiger partial charge is 0.382 e. The van der Waals surface area contributed by atoms with Crippen LogP contribution in [0.2, 0.25) is 0 Å². The molecule has 0 aliphatic heterocycles. The molecule has 0 saturated heterocycles. The summed E-state index contributed by atoms with van der Waals surface area (Å²) in [6.45, 7) is 1.97. The van der Waals surface area contributed by atoms with Gasteiger partial charge in [0, 0.05) is 10.9 Å². The second kappa shape index (κ2) is 6.03. The Hall–Kier alpha value is -1.60. The highest BCUT2D eigenvalue weighted by atomic mass is 32.1. The summed E-state index contributed by atoms with van der Waals surface area (Å²) in [6, 6.07) is 4.44. The predicted octanol–water partition coefficient (Wildman–Crippen LogP) is 3.24. The minimum atomic E-state index is -0.160. The second-order valence-electron chi connectivity index (χ2n) is 5.22. The first-order chi connectivity index (χ1) is 10.1. The van der Waals surface area contributed by atoms with Crippen LogP contribution in [0, 0.1) is 0 Å². The minimum absolute atomic E-state index is 0.0259. The Labute approximate surface area is 131 Å². The Bertz CT molecular complexity index is 619. The quantitative estimate of drug-likeness (QED) is 0.789. The van der Waals surface area contributed by atoms with Gasteiger partial charge in [0.25, 0.3) is 5.91 Å². The molecule has 21 heavy (non-hydrogen) atoms. The molecule has 1 saturated carbocycles. The number of nitrogens with two attached hydrogens (primary N) is 1. The van der Waals surface area contributed by atoms with Gasteiger partial charge in [-0.1, -0.05) is 17.4 Å². The number of nitrogens with one attached hydrogen (secondary N) is 2. The van der Waals surface area contributed by atoms with Crippen molar-refractivity contribution in [1.82, 2.24) is 10.3 Å². The summed E-state index contributed by atoms with van der Waals surface area (Å²) in [5.41, 5.74) is 5.87. The first kappa shape index (κ1) is 14.3. The number of amides is 1. The van der Waals surface area contributed by atoms with Gasteiger partial charge < -0.3 is 16.4 Å². The molecule has 1 fully saturated rings. The number of hydrogen-bond acceptors (Lipinski definition) is 6. The van der Waals surface area contributed by atoms with Crippen molar-refractivity contribution in [3.63, 3.8) is 0 Å². The molecule has 1 aliphatic carbocycles. The van der Waals surface area contributed by atoms with E-state index in [9.17, 15) is 4.79 Å². The maximum absolute atomic E-state index is 12.3. The van der Waals surface area contributed by atoms with Gasteiger partial charge >= 0.3 is 0 Å². The average molecular weight is 322 g/mol. The van der Waals surface area contributed by atoms with Crippen molar-refractivity contribution in [1.29, 1.82) is 0 Å². The number of nitrogens with zero attached hydrogens (tertiary/aromatic N) is 1. The number of thiophene rings is 1. The number of carbonyl (C=O) groups excluding carboxylic acids is 1. The summed E-state index contributed by atoms with van der Waals surface area (Å²) < 4.78 is 0. The first-order valence-corrected chi connectivity index (χ1v) is 8.70. The number of carbonyl (C=O) groups is 1. The average Bonchev–Trinajstić information content (AvgIpc) is 3.03. The van der Waals surface area contributed by atoms with Gasteiger partial charge in [0.15, 0.2) is 5.13 Å². The van der Waals surface area contributed by atoms with E-state index in [0.29, 0.717) is 16.7 Å². The lowest BCUT2D eigenvalue weighted by Gasteiger charge is -2.25. The van der Waals surface area contributed by atoms with Gasteiger partial charge in [-0.25, -0.2) is 4.98 Å². The van der Waals surface area contributed by atoms with Crippen LogP contribution >= 0.6 is 22.7 Å². The fraction of sp³-hybridized carbons (Fsp3) is 0.429. The van der Waals surface area contributed by atoms with Crippen molar-refractivity contribution in [2.75, 3.05) is 11.1 Å². The maximum atomic E-state index is 12.3. The van der Waals surface area contributed by atoms with Crippen LogP contribution in [0.25, 0.3) is 0 Å². The zero-order chi connectivity index (χ0) is 14.8. The summed E-state index contributed by atoms with van der Waals surface area (Å²) >= 11 is 2.95. The molecule has 0 spiro atoms. The Balaban J connectivity index is 1.66. The summed E-state index contributed by atoms with van der Waals surface area (Å²) in [5, 5.41) is 9.03. The molecule has 7 heteroatoms. The first-order valence-electron chi connectivity index (χ1n) is 7.00. The third-order valence-corrected chi connectivity index (χ3v) is 5.67. The van der Waals surface area contributed by atoms with Crippen molar-refractivity contribution in [3.05, 3.63) is 27.3 Å². The molecule has 5 nitrogen and oxygen atoms in total. The van der Waals surface area contributed by atoms with Crippen molar-refractivity contribution in [3.8, 4) is 0 Å². The third-order valence-electron chi connectivity index (χ3n) is 3.61. The van der Waals surface area contributed by atoms with E-state index in [1.54, 1.807) is 11.3 Å². The Morgan fingerprint density at radius 1 is 1.52 bits per heavy atom. The van der Waals surface area contributed by atoms with E-state index in [2.05, 4.69) is 15.6 Å². The highest BCUT2D eigenvalue weighted by Crippen LogP contribution is 2.30. The molecule has 3 rings (SSSR count). The van der Waals surface area contributed by atoms with Gasteiger partial charge in [0.05, 0.1) is 6.04 Å². The Morgan fingerprint density at radius 3 is 2.95 bits per heavy atom. The molecule has 112 valence electrons. The van der Waals surface area contributed by atoms with E-state index in [1.807, 2.05) is 24.4 Å². The molecule has 0 bridgehead atoms. The van der Waals surface area contributed by atoms with E-state index >= 15 is 0 Å².